The first-order valence-corrected chi connectivity index (χ1v) is 7.83. The standard InChI is InChI=1S/C17H16N2O5/c20-13-4-1-3-12-16(13)11(7-10-18-8-2-9-18)17-19(12)24-15(22)6-5-14(21)23-17/h1,3-6,20H,2,7-10H2/b6-5+. The molecule has 1 fully saturated rings. The minimum Gasteiger partial charge on any atom is -0.507 e. The fourth-order valence-electron chi connectivity index (χ4n) is 3.03. The van der Waals surface area contributed by atoms with Crippen molar-refractivity contribution in [3.63, 3.8) is 0 Å². The van der Waals surface area contributed by atoms with Crippen LogP contribution < -0.4 is 9.57 Å². The summed E-state index contributed by atoms with van der Waals surface area (Å²) >= 11 is 0. The van der Waals surface area contributed by atoms with Crippen molar-refractivity contribution in [2.75, 3.05) is 19.6 Å². The molecule has 1 aromatic carbocycles. The van der Waals surface area contributed by atoms with Gasteiger partial charge in [0.05, 0.1) is 10.9 Å². The highest BCUT2D eigenvalue weighted by Gasteiger charge is 2.27. The molecule has 0 spiro atoms. The van der Waals surface area contributed by atoms with E-state index in [2.05, 4.69) is 4.90 Å². The molecule has 3 heterocycles. The van der Waals surface area contributed by atoms with Crippen LogP contribution in [0.4, 0.5) is 0 Å². The van der Waals surface area contributed by atoms with Crippen molar-refractivity contribution in [1.82, 2.24) is 9.63 Å². The van der Waals surface area contributed by atoms with Gasteiger partial charge >= 0.3 is 11.9 Å². The van der Waals surface area contributed by atoms with Gasteiger partial charge in [-0.25, -0.2) is 9.59 Å². The number of hydrogen-bond acceptors (Lipinski definition) is 6. The molecule has 124 valence electrons. The van der Waals surface area contributed by atoms with Gasteiger partial charge in [0.15, 0.2) is 0 Å². The highest BCUT2D eigenvalue weighted by atomic mass is 16.7. The van der Waals surface area contributed by atoms with Crippen molar-refractivity contribution in [2.24, 2.45) is 0 Å². The average molecular weight is 328 g/mol. The van der Waals surface area contributed by atoms with Crippen molar-refractivity contribution >= 4 is 22.8 Å². The summed E-state index contributed by atoms with van der Waals surface area (Å²) in [6, 6.07) is 4.91. The quantitative estimate of drug-likeness (QED) is 0.848. The number of ether oxygens (including phenoxy) is 1. The molecule has 4 rings (SSSR count). The van der Waals surface area contributed by atoms with E-state index in [1.54, 1.807) is 18.2 Å². The lowest BCUT2D eigenvalue weighted by molar-refractivity contribution is -0.142. The van der Waals surface area contributed by atoms with Gasteiger partial charge in [0.25, 0.3) is 0 Å². The molecule has 0 unspecified atom stereocenters. The molecular formula is C17H16N2O5. The normalized spacial score (nSPS) is 19.0. The number of phenolic OH excluding ortho intramolecular Hbond substituents is 1. The van der Waals surface area contributed by atoms with E-state index in [0.29, 0.717) is 22.9 Å². The SMILES string of the molecule is O=C1/C=C/C(=O)On2c(c(CCN3CCC3)c3c(O)cccc32)O1. The number of hydrogen-bond donors (Lipinski definition) is 1. The Kier molecular flexibility index (Phi) is 3.50. The van der Waals surface area contributed by atoms with E-state index in [-0.39, 0.29) is 11.6 Å². The van der Waals surface area contributed by atoms with Crippen LogP contribution in [0.3, 0.4) is 0 Å². The molecule has 0 amide bonds. The first kappa shape index (κ1) is 14.8. The second-order valence-corrected chi connectivity index (χ2v) is 5.86. The maximum absolute atomic E-state index is 11.9. The van der Waals surface area contributed by atoms with Gasteiger partial charge in [-0.2, -0.15) is 0 Å². The Hall–Kier alpha value is -2.80. The number of benzene rings is 1. The van der Waals surface area contributed by atoms with Crippen LogP contribution in [-0.4, -0.2) is 46.3 Å². The van der Waals surface area contributed by atoms with Gasteiger partial charge in [0.1, 0.15) is 5.75 Å². The van der Waals surface area contributed by atoms with Crippen LogP contribution in [0.15, 0.2) is 30.4 Å². The number of rotatable bonds is 3. The molecular weight excluding hydrogens is 312 g/mol. The van der Waals surface area contributed by atoms with Crippen LogP contribution in [0.2, 0.25) is 0 Å². The minimum atomic E-state index is -0.678. The van der Waals surface area contributed by atoms with Gasteiger partial charge < -0.3 is 19.6 Å². The lowest BCUT2D eigenvalue weighted by atomic mass is 10.1. The largest absolute Gasteiger partial charge is 0.507 e. The number of fused-ring (bicyclic) bond motifs is 3. The van der Waals surface area contributed by atoms with E-state index in [9.17, 15) is 14.7 Å². The van der Waals surface area contributed by atoms with Crippen LogP contribution in [0, 0.1) is 0 Å². The smallest absolute Gasteiger partial charge is 0.356 e. The van der Waals surface area contributed by atoms with E-state index in [4.69, 9.17) is 9.57 Å². The molecule has 2 aromatic rings. The molecule has 1 aromatic heterocycles. The second-order valence-electron chi connectivity index (χ2n) is 5.86. The Bertz CT molecular complexity index is 863. The number of carbonyl (C=O) groups excluding carboxylic acids is 2. The van der Waals surface area contributed by atoms with Crippen LogP contribution in [-0.2, 0) is 16.0 Å². The highest BCUT2D eigenvalue weighted by molar-refractivity contribution is 5.97. The third kappa shape index (κ3) is 2.43. The fourth-order valence-corrected chi connectivity index (χ4v) is 3.03. The molecule has 2 aliphatic heterocycles. The zero-order valence-corrected chi connectivity index (χ0v) is 12.9. The molecule has 0 aliphatic carbocycles. The molecule has 2 aliphatic rings. The van der Waals surface area contributed by atoms with Crippen molar-refractivity contribution in [1.29, 1.82) is 0 Å². The summed E-state index contributed by atoms with van der Waals surface area (Å²) in [5.74, 6) is -1.12. The second kappa shape index (κ2) is 5.68. The summed E-state index contributed by atoms with van der Waals surface area (Å²) in [7, 11) is 0. The number of esters is 1. The van der Waals surface area contributed by atoms with Gasteiger partial charge in [-0.3, -0.25) is 0 Å². The van der Waals surface area contributed by atoms with Crippen LogP contribution in [0.1, 0.15) is 12.0 Å². The van der Waals surface area contributed by atoms with Gasteiger partial charge in [-0.1, -0.05) is 6.07 Å². The highest BCUT2D eigenvalue weighted by Crippen LogP contribution is 2.38. The van der Waals surface area contributed by atoms with Crippen molar-refractivity contribution < 1.29 is 24.3 Å². The molecule has 7 nitrogen and oxygen atoms in total. The predicted octanol–water partition coefficient (Wildman–Crippen LogP) is 1.03. The number of aromatic nitrogens is 1. The van der Waals surface area contributed by atoms with E-state index in [0.717, 1.165) is 31.8 Å². The summed E-state index contributed by atoms with van der Waals surface area (Å²) in [5.41, 5.74) is 1.14. The lowest BCUT2D eigenvalue weighted by Crippen LogP contribution is -2.38. The summed E-state index contributed by atoms with van der Waals surface area (Å²) in [4.78, 5) is 31.2. The maximum Gasteiger partial charge on any atom is 0.356 e. The van der Waals surface area contributed by atoms with Crippen LogP contribution in [0.5, 0.6) is 11.6 Å². The average Bonchev–Trinajstić information content (AvgIpc) is 2.77. The van der Waals surface area contributed by atoms with E-state index in [1.165, 1.54) is 11.2 Å². The Morgan fingerprint density at radius 3 is 2.67 bits per heavy atom. The minimum absolute atomic E-state index is 0.0606. The fraction of sp³-hybridized carbons (Fsp3) is 0.294. The Morgan fingerprint density at radius 1 is 1.12 bits per heavy atom. The molecule has 0 bridgehead atoms. The maximum atomic E-state index is 11.9. The van der Waals surface area contributed by atoms with Crippen LogP contribution >= 0.6 is 0 Å². The summed E-state index contributed by atoms with van der Waals surface area (Å²) in [5, 5.41) is 10.8. The summed E-state index contributed by atoms with van der Waals surface area (Å²) < 4.78 is 6.56. The van der Waals surface area contributed by atoms with Crippen molar-refractivity contribution in [3.8, 4) is 11.6 Å². The van der Waals surface area contributed by atoms with Gasteiger partial charge in [0, 0.05) is 24.3 Å². The topological polar surface area (TPSA) is 81.0 Å². The Balaban J connectivity index is 1.85. The van der Waals surface area contributed by atoms with Gasteiger partial charge in [-0.05, 0) is 38.1 Å². The van der Waals surface area contributed by atoms with E-state index >= 15 is 0 Å². The number of phenols is 1. The van der Waals surface area contributed by atoms with Crippen molar-refractivity contribution in [2.45, 2.75) is 12.8 Å². The molecule has 1 saturated heterocycles. The number of nitrogens with zero attached hydrogens (tertiary/aromatic N) is 2. The summed E-state index contributed by atoms with van der Waals surface area (Å²) in [6.07, 6.45) is 3.80. The number of aromatic hydroxyl groups is 1. The van der Waals surface area contributed by atoms with Crippen molar-refractivity contribution in [3.05, 3.63) is 35.9 Å². The number of carbonyl (C=O) groups is 2. The van der Waals surface area contributed by atoms with E-state index in [1.807, 2.05) is 0 Å². The molecule has 24 heavy (non-hydrogen) atoms. The molecule has 0 radical (unpaired) electrons. The third-order valence-corrected chi connectivity index (χ3v) is 4.34. The van der Waals surface area contributed by atoms with Gasteiger partial charge in [-0.15, -0.1) is 4.73 Å². The van der Waals surface area contributed by atoms with E-state index < -0.39 is 11.9 Å². The van der Waals surface area contributed by atoms with Crippen LogP contribution in [0.25, 0.3) is 10.9 Å². The molecule has 0 atom stereocenters. The molecule has 0 saturated carbocycles. The first-order valence-electron chi connectivity index (χ1n) is 7.83. The van der Waals surface area contributed by atoms with Gasteiger partial charge in [0.2, 0.25) is 5.88 Å². The lowest BCUT2D eigenvalue weighted by Gasteiger charge is -2.30. The Labute approximate surface area is 137 Å². The molecule has 7 heteroatoms. The zero-order valence-electron chi connectivity index (χ0n) is 12.9. The predicted molar refractivity (Wildman–Crippen MR) is 84.7 cm³/mol. The third-order valence-electron chi connectivity index (χ3n) is 4.34. The zero-order chi connectivity index (χ0) is 16.7. The molecule has 1 N–H and O–H groups in total. The first-order chi connectivity index (χ1) is 11.6. The number of likely N-dealkylation sites (tertiary alicyclic amines) is 1. The Morgan fingerprint density at radius 2 is 1.92 bits per heavy atom. The monoisotopic (exact) mass is 328 g/mol. The summed E-state index contributed by atoms with van der Waals surface area (Å²) in [6.45, 7) is 2.86.